The van der Waals surface area contributed by atoms with Crippen molar-refractivity contribution in [2.45, 2.75) is 44.4 Å². The lowest BCUT2D eigenvalue weighted by Crippen LogP contribution is -2.45. The van der Waals surface area contributed by atoms with Crippen LogP contribution in [0.2, 0.25) is 0 Å². The Morgan fingerprint density at radius 1 is 1.18 bits per heavy atom. The molecule has 0 atom stereocenters. The number of carbonyl (C=O) groups excluding carboxylic acids is 1. The largest absolute Gasteiger partial charge is 0.434 e. The Morgan fingerprint density at radius 2 is 1.86 bits per heavy atom. The molecule has 22 heavy (non-hydrogen) atoms. The second kappa shape index (κ2) is 6.60. The first-order chi connectivity index (χ1) is 10.6. The van der Waals surface area contributed by atoms with Crippen molar-refractivity contribution in [2.24, 2.45) is 0 Å². The van der Waals surface area contributed by atoms with Crippen LogP contribution in [0.1, 0.15) is 36.0 Å². The van der Waals surface area contributed by atoms with Crippen LogP contribution in [0.5, 0.6) is 5.75 Å². The van der Waals surface area contributed by atoms with E-state index in [1.165, 1.54) is 25.0 Å². The molecule has 3 rings (SSSR count). The van der Waals surface area contributed by atoms with E-state index in [4.69, 9.17) is 0 Å². The summed E-state index contributed by atoms with van der Waals surface area (Å²) in [7, 11) is 0. The minimum absolute atomic E-state index is 0.0783. The van der Waals surface area contributed by atoms with Crippen LogP contribution < -0.4 is 10.1 Å². The van der Waals surface area contributed by atoms with Crippen molar-refractivity contribution in [1.29, 1.82) is 0 Å². The zero-order chi connectivity index (χ0) is 15.5. The van der Waals surface area contributed by atoms with E-state index in [9.17, 15) is 13.6 Å². The molecule has 1 amide bonds. The van der Waals surface area contributed by atoms with Crippen LogP contribution in [0, 0.1) is 0 Å². The van der Waals surface area contributed by atoms with Crippen LogP contribution in [-0.2, 0) is 0 Å². The Labute approximate surface area is 128 Å². The minimum Gasteiger partial charge on any atom is -0.434 e. The second-order valence-electron chi connectivity index (χ2n) is 5.89. The van der Waals surface area contributed by atoms with E-state index in [0.717, 1.165) is 32.0 Å². The normalized spacial score (nSPS) is 20.1. The zero-order valence-electron chi connectivity index (χ0n) is 12.3. The Balaban J connectivity index is 1.57. The molecule has 4 nitrogen and oxygen atoms in total. The van der Waals surface area contributed by atoms with Gasteiger partial charge >= 0.3 is 6.61 Å². The standard InChI is InChI=1S/C16H20F2N2O2/c17-16(18)22-14-4-2-1-3-13(14)15(21)19-11-7-9-20(10-8-11)12-5-6-12/h1-4,11-12,16H,5-10H2,(H,19,21). The number of para-hydroxylation sites is 1. The van der Waals surface area contributed by atoms with E-state index >= 15 is 0 Å². The summed E-state index contributed by atoms with van der Waals surface area (Å²) in [5.74, 6) is -0.425. The molecule has 1 aliphatic carbocycles. The van der Waals surface area contributed by atoms with Gasteiger partial charge in [0.1, 0.15) is 5.75 Å². The molecule has 1 N–H and O–H groups in total. The molecule has 0 aromatic heterocycles. The van der Waals surface area contributed by atoms with Crippen LogP contribution >= 0.6 is 0 Å². The van der Waals surface area contributed by atoms with Gasteiger partial charge in [-0.25, -0.2) is 0 Å². The van der Waals surface area contributed by atoms with Crippen LogP contribution in [0.25, 0.3) is 0 Å². The summed E-state index contributed by atoms with van der Waals surface area (Å²) in [6, 6.07) is 6.95. The molecule has 120 valence electrons. The SMILES string of the molecule is O=C(NC1CCN(C2CC2)CC1)c1ccccc1OC(F)F. The Morgan fingerprint density at radius 3 is 2.50 bits per heavy atom. The summed E-state index contributed by atoms with van der Waals surface area (Å²) in [6.45, 7) is -0.953. The van der Waals surface area contributed by atoms with Gasteiger partial charge in [-0.05, 0) is 37.8 Å². The van der Waals surface area contributed by atoms with Gasteiger partial charge < -0.3 is 15.0 Å². The van der Waals surface area contributed by atoms with Gasteiger partial charge in [-0.3, -0.25) is 4.79 Å². The number of carbonyl (C=O) groups is 1. The Kier molecular flexibility index (Phi) is 4.57. The fraction of sp³-hybridized carbons (Fsp3) is 0.562. The van der Waals surface area contributed by atoms with Crippen molar-refractivity contribution in [3.05, 3.63) is 29.8 Å². The third kappa shape index (κ3) is 3.74. The van der Waals surface area contributed by atoms with E-state index < -0.39 is 6.61 Å². The fourth-order valence-electron chi connectivity index (χ4n) is 2.96. The molecule has 6 heteroatoms. The second-order valence-corrected chi connectivity index (χ2v) is 5.89. The Hall–Kier alpha value is -1.69. The van der Waals surface area contributed by atoms with Crippen molar-refractivity contribution in [1.82, 2.24) is 10.2 Å². The summed E-state index contributed by atoms with van der Waals surface area (Å²) in [6.07, 6.45) is 4.38. The maximum atomic E-state index is 12.4. The average Bonchev–Trinajstić information content (AvgIpc) is 3.32. The highest BCUT2D eigenvalue weighted by molar-refractivity contribution is 5.97. The summed E-state index contributed by atoms with van der Waals surface area (Å²) in [5, 5.41) is 2.94. The maximum Gasteiger partial charge on any atom is 0.387 e. The first kappa shape index (κ1) is 15.2. The quantitative estimate of drug-likeness (QED) is 0.909. The van der Waals surface area contributed by atoms with Crippen molar-refractivity contribution < 1.29 is 18.3 Å². The molecule has 1 aromatic carbocycles. The number of benzene rings is 1. The molecule has 2 aliphatic rings. The third-order valence-electron chi connectivity index (χ3n) is 4.28. The number of nitrogens with zero attached hydrogens (tertiary/aromatic N) is 1. The monoisotopic (exact) mass is 310 g/mol. The van der Waals surface area contributed by atoms with Gasteiger partial charge in [0.2, 0.25) is 0 Å². The molecule has 1 heterocycles. The van der Waals surface area contributed by atoms with Crippen LogP contribution in [-0.4, -0.2) is 42.6 Å². The highest BCUT2D eigenvalue weighted by Crippen LogP contribution is 2.29. The van der Waals surface area contributed by atoms with E-state index in [0.29, 0.717) is 0 Å². The lowest BCUT2D eigenvalue weighted by molar-refractivity contribution is -0.0501. The van der Waals surface area contributed by atoms with Gasteiger partial charge in [0.25, 0.3) is 5.91 Å². The van der Waals surface area contributed by atoms with Gasteiger partial charge in [0.05, 0.1) is 5.56 Å². The molecule has 0 unspecified atom stereocenters. The number of rotatable bonds is 5. The van der Waals surface area contributed by atoms with E-state index in [1.807, 2.05) is 0 Å². The van der Waals surface area contributed by atoms with Gasteiger partial charge in [0.15, 0.2) is 0 Å². The third-order valence-corrected chi connectivity index (χ3v) is 4.28. The van der Waals surface area contributed by atoms with Crippen LogP contribution in [0.15, 0.2) is 24.3 Å². The number of alkyl halides is 2. The molecule has 1 saturated carbocycles. The summed E-state index contributed by atoms with van der Waals surface area (Å²) in [5.41, 5.74) is 0.160. The number of hydrogen-bond donors (Lipinski definition) is 1. The van der Waals surface area contributed by atoms with Crippen molar-refractivity contribution in [3.8, 4) is 5.75 Å². The minimum atomic E-state index is -2.93. The van der Waals surface area contributed by atoms with Crippen molar-refractivity contribution >= 4 is 5.91 Å². The molecule has 1 aliphatic heterocycles. The van der Waals surface area contributed by atoms with Gasteiger partial charge in [-0.1, -0.05) is 12.1 Å². The maximum absolute atomic E-state index is 12.4. The number of piperidine rings is 1. The van der Waals surface area contributed by atoms with Crippen molar-refractivity contribution in [2.75, 3.05) is 13.1 Å². The lowest BCUT2D eigenvalue weighted by Gasteiger charge is -2.32. The predicted octanol–water partition coefficient (Wildman–Crippen LogP) is 2.64. The zero-order valence-corrected chi connectivity index (χ0v) is 12.3. The van der Waals surface area contributed by atoms with Gasteiger partial charge in [0, 0.05) is 25.2 Å². The van der Waals surface area contributed by atoms with Gasteiger partial charge in [-0.15, -0.1) is 0 Å². The lowest BCUT2D eigenvalue weighted by atomic mass is 10.0. The number of ether oxygens (including phenoxy) is 1. The molecule has 1 saturated heterocycles. The van der Waals surface area contributed by atoms with E-state index in [1.54, 1.807) is 12.1 Å². The first-order valence-electron chi connectivity index (χ1n) is 7.72. The molecule has 0 spiro atoms. The average molecular weight is 310 g/mol. The Bertz CT molecular complexity index is 527. The number of halogens is 2. The number of likely N-dealkylation sites (tertiary alicyclic amines) is 1. The molecular weight excluding hydrogens is 290 g/mol. The molecule has 0 radical (unpaired) electrons. The highest BCUT2D eigenvalue weighted by Gasteiger charge is 2.32. The number of nitrogens with one attached hydrogen (secondary N) is 1. The molecule has 0 bridgehead atoms. The predicted molar refractivity (Wildman–Crippen MR) is 78.2 cm³/mol. The highest BCUT2D eigenvalue weighted by atomic mass is 19.3. The summed E-state index contributed by atoms with van der Waals surface area (Å²) < 4.78 is 29.2. The number of hydrogen-bond acceptors (Lipinski definition) is 3. The van der Waals surface area contributed by atoms with Gasteiger partial charge in [-0.2, -0.15) is 8.78 Å². The number of amides is 1. The molecular formula is C16H20F2N2O2. The topological polar surface area (TPSA) is 41.6 Å². The van der Waals surface area contributed by atoms with E-state index in [2.05, 4.69) is 15.0 Å². The van der Waals surface area contributed by atoms with Crippen molar-refractivity contribution in [3.63, 3.8) is 0 Å². The fourth-order valence-corrected chi connectivity index (χ4v) is 2.96. The molecule has 2 fully saturated rings. The van der Waals surface area contributed by atoms with Crippen LogP contribution in [0.3, 0.4) is 0 Å². The van der Waals surface area contributed by atoms with E-state index in [-0.39, 0.29) is 23.3 Å². The van der Waals surface area contributed by atoms with Crippen LogP contribution in [0.4, 0.5) is 8.78 Å². The summed E-state index contributed by atoms with van der Waals surface area (Å²) >= 11 is 0. The summed E-state index contributed by atoms with van der Waals surface area (Å²) in [4.78, 5) is 14.8. The smallest absolute Gasteiger partial charge is 0.387 e. The molecule has 1 aromatic rings. The first-order valence-corrected chi connectivity index (χ1v) is 7.72.